The fourth-order valence-corrected chi connectivity index (χ4v) is 7.35. The van der Waals surface area contributed by atoms with E-state index in [0.717, 1.165) is 16.8 Å². The Hall–Kier alpha value is -2.97. The minimum absolute atomic E-state index is 0.000721. The van der Waals surface area contributed by atoms with E-state index in [1.54, 1.807) is 33.9 Å². The molecule has 6 atom stereocenters. The number of hydrogen-bond donors (Lipinski definition) is 1. The molecule has 3 aliphatic rings. The summed E-state index contributed by atoms with van der Waals surface area (Å²) in [4.78, 5) is 47.8. The number of nitrogens with zero attached hydrogens (tertiary/aromatic N) is 3. The second-order valence-corrected chi connectivity index (χ2v) is 11.7. The number of aliphatic hydroxyl groups excluding tert-OH is 1. The molecule has 0 saturated carbocycles. The van der Waals surface area contributed by atoms with Gasteiger partial charge in [0.15, 0.2) is 0 Å². The van der Waals surface area contributed by atoms with Crippen molar-refractivity contribution in [2.75, 3.05) is 38.2 Å². The van der Waals surface area contributed by atoms with Gasteiger partial charge in [-0.3, -0.25) is 14.4 Å². The number of benzene rings is 1. The number of aliphatic hydroxyl groups is 1. The molecule has 2 bridgehead atoms. The smallest absolute Gasteiger partial charge is 0.253 e. The highest BCUT2D eigenvalue weighted by atomic mass is 16.5. The van der Waals surface area contributed by atoms with Crippen LogP contribution in [0.25, 0.3) is 0 Å². The van der Waals surface area contributed by atoms with Crippen molar-refractivity contribution in [3.63, 3.8) is 0 Å². The Kier molecular flexibility index (Phi) is 8.11. The first-order valence-corrected chi connectivity index (χ1v) is 14.0. The van der Waals surface area contributed by atoms with Gasteiger partial charge in [-0.2, -0.15) is 0 Å². The summed E-state index contributed by atoms with van der Waals surface area (Å²) in [5.41, 5.74) is 0.713. The first-order chi connectivity index (χ1) is 18.5. The largest absolute Gasteiger partial charge is 0.396 e. The van der Waals surface area contributed by atoms with Gasteiger partial charge in [0.1, 0.15) is 11.6 Å². The number of amides is 3. The summed E-state index contributed by atoms with van der Waals surface area (Å²) in [6.45, 7) is 16.5. The number of hydrogen-bond acceptors (Lipinski definition) is 5. The molecule has 0 radical (unpaired) electrons. The SMILES string of the molecule is C=CCN(C)C(=O)[C@@H]1[C@H]2C(=O)N(CCCCO)C(C(=O)N(CC=C)c3c(C)cccc3C)C23CC(C)[C@@]1(C)O3. The number of carbonyl (C=O) groups excluding carboxylic acids is 3. The van der Waals surface area contributed by atoms with Gasteiger partial charge in [0.05, 0.1) is 17.4 Å². The van der Waals surface area contributed by atoms with Gasteiger partial charge in [-0.25, -0.2) is 0 Å². The van der Waals surface area contributed by atoms with Gasteiger partial charge in [0.2, 0.25) is 11.8 Å². The van der Waals surface area contributed by atoms with Gasteiger partial charge >= 0.3 is 0 Å². The molecule has 4 rings (SSSR count). The van der Waals surface area contributed by atoms with E-state index in [2.05, 4.69) is 13.2 Å². The number of rotatable bonds is 11. The molecule has 39 heavy (non-hydrogen) atoms. The maximum atomic E-state index is 14.7. The van der Waals surface area contributed by atoms with Crippen LogP contribution in [-0.2, 0) is 19.1 Å². The highest BCUT2D eigenvalue weighted by Gasteiger charge is 2.80. The summed E-state index contributed by atoms with van der Waals surface area (Å²) in [6.07, 6.45) is 4.92. The fourth-order valence-electron chi connectivity index (χ4n) is 7.35. The Balaban J connectivity index is 1.85. The molecule has 0 aromatic heterocycles. The van der Waals surface area contributed by atoms with Crippen LogP contribution < -0.4 is 4.90 Å². The van der Waals surface area contributed by atoms with E-state index >= 15 is 0 Å². The zero-order valence-electron chi connectivity index (χ0n) is 24.0. The third-order valence-electron chi connectivity index (χ3n) is 9.19. The summed E-state index contributed by atoms with van der Waals surface area (Å²) >= 11 is 0. The summed E-state index contributed by atoms with van der Waals surface area (Å²) in [5, 5.41) is 9.44. The van der Waals surface area contributed by atoms with Crippen LogP contribution in [0.4, 0.5) is 5.69 Å². The lowest BCUT2D eigenvalue weighted by Crippen LogP contribution is -2.57. The molecular formula is C31H43N3O5. The van der Waals surface area contributed by atoms with Gasteiger partial charge in [-0.1, -0.05) is 37.3 Å². The molecule has 3 aliphatic heterocycles. The number of ether oxygens (including phenoxy) is 1. The number of fused-ring (bicyclic) bond motifs is 1. The summed E-state index contributed by atoms with van der Waals surface area (Å²) in [6, 6.07) is 5.01. The topological polar surface area (TPSA) is 90.4 Å². The number of likely N-dealkylation sites (tertiary alicyclic amines) is 1. The molecule has 1 aromatic rings. The van der Waals surface area contributed by atoms with Gasteiger partial charge in [-0.05, 0) is 57.1 Å². The Labute approximate surface area is 232 Å². The van der Waals surface area contributed by atoms with E-state index in [0.29, 0.717) is 32.4 Å². The van der Waals surface area contributed by atoms with Crippen molar-refractivity contribution in [3.05, 3.63) is 54.6 Å². The van der Waals surface area contributed by atoms with E-state index < -0.39 is 29.1 Å². The molecule has 1 spiro atoms. The number of likely N-dealkylation sites (N-methyl/N-ethyl adjacent to an activating group) is 1. The zero-order valence-corrected chi connectivity index (χ0v) is 24.0. The Morgan fingerprint density at radius 3 is 2.38 bits per heavy atom. The summed E-state index contributed by atoms with van der Waals surface area (Å²) in [5.74, 6) is -2.10. The lowest BCUT2D eigenvalue weighted by molar-refractivity contribution is -0.150. The summed E-state index contributed by atoms with van der Waals surface area (Å²) < 4.78 is 6.85. The normalized spacial score (nSPS) is 30.8. The highest BCUT2D eigenvalue weighted by Crippen LogP contribution is 2.65. The van der Waals surface area contributed by atoms with E-state index in [1.807, 2.05) is 45.9 Å². The van der Waals surface area contributed by atoms with Crippen LogP contribution in [0.3, 0.4) is 0 Å². The molecule has 8 nitrogen and oxygen atoms in total. The quantitative estimate of drug-likeness (QED) is 0.346. The maximum absolute atomic E-state index is 14.7. The van der Waals surface area contributed by atoms with Crippen molar-refractivity contribution in [1.82, 2.24) is 9.80 Å². The van der Waals surface area contributed by atoms with Crippen LogP contribution in [-0.4, -0.2) is 83.2 Å². The van der Waals surface area contributed by atoms with Crippen molar-refractivity contribution in [2.45, 2.75) is 64.2 Å². The standard InChI is InChI=1S/C31H43N3O5/c1-8-15-32(7)27(36)23-24-28(37)34(17-10-11-18-35)26(31(24)19-22(5)30(23,6)39-31)29(38)33(16-9-2)25-20(3)13-12-14-21(25)4/h8-9,12-14,22-24,26,35H,1-2,10-11,15-19H2,3-7H3/t22?,23-,24-,26?,30+,31?/m0/s1. The molecule has 3 unspecified atom stereocenters. The van der Waals surface area contributed by atoms with Crippen LogP contribution >= 0.6 is 0 Å². The van der Waals surface area contributed by atoms with Crippen molar-refractivity contribution in [3.8, 4) is 0 Å². The molecule has 3 heterocycles. The first kappa shape index (κ1) is 29.0. The van der Waals surface area contributed by atoms with Crippen molar-refractivity contribution in [1.29, 1.82) is 0 Å². The number of para-hydroxylation sites is 1. The maximum Gasteiger partial charge on any atom is 0.253 e. The second-order valence-electron chi connectivity index (χ2n) is 11.7. The zero-order chi connectivity index (χ0) is 28.7. The molecule has 1 aromatic carbocycles. The summed E-state index contributed by atoms with van der Waals surface area (Å²) in [7, 11) is 1.71. The Morgan fingerprint density at radius 2 is 1.79 bits per heavy atom. The third-order valence-corrected chi connectivity index (χ3v) is 9.19. The number of aryl methyl sites for hydroxylation is 2. The van der Waals surface area contributed by atoms with Gasteiger partial charge in [0.25, 0.3) is 5.91 Å². The van der Waals surface area contributed by atoms with E-state index in [9.17, 15) is 19.5 Å². The molecule has 8 heteroatoms. The fraction of sp³-hybridized carbons (Fsp3) is 0.581. The van der Waals surface area contributed by atoms with E-state index in [-0.39, 0.29) is 36.8 Å². The third kappa shape index (κ3) is 4.42. The van der Waals surface area contributed by atoms with Crippen molar-refractivity contribution in [2.24, 2.45) is 17.8 Å². The molecule has 1 N–H and O–H groups in total. The Bertz CT molecular complexity index is 1150. The van der Waals surface area contributed by atoms with Crippen LogP contribution in [0.15, 0.2) is 43.5 Å². The monoisotopic (exact) mass is 537 g/mol. The highest BCUT2D eigenvalue weighted by molar-refractivity contribution is 6.05. The predicted octanol–water partition coefficient (Wildman–Crippen LogP) is 3.25. The first-order valence-electron chi connectivity index (χ1n) is 14.0. The lowest BCUT2D eigenvalue weighted by Gasteiger charge is -2.38. The predicted molar refractivity (Wildman–Crippen MR) is 151 cm³/mol. The van der Waals surface area contributed by atoms with Crippen LogP contribution in [0.1, 0.15) is 44.2 Å². The van der Waals surface area contributed by atoms with Crippen molar-refractivity contribution < 1.29 is 24.2 Å². The average Bonchev–Trinajstić information content (AvgIpc) is 3.39. The molecule has 0 aliphatic carbocycles. The van der Waals surface area contributed by atoms with Crippen LogP contribution in [0.2, 0.25) is 0 Å². The van der Waals surface area contributed by atoms with Gasteiger partial charge < -0.3 is 24.5 Å². The molecule has 3 fully saturated rings. The number of carbonyl (C=O) groups is 3. The lowest BCUT2D eigenvalue weighted by atomic mass is 9.62. The minimum atomic E-state index is -1.12. The van der Waals surface area contributed by atoms with E-state index in [4.69, 9.17) is 4.74 Å². The van der Waals surface area contributed by atoms with Crippen LogP contribution in [0, 0.1) is 31.6 Å². The molecule has 3 amide bonds. The molecular weight excluding hydrogens is 494 g/mol. The average molecular weight is 538 g/mol. The van der Waals surface area contributed by atoms with Crippen LogP contribution in [0.5, 0.6) is 0 Å². The van der Waals surface area contributed by atoms with Gasteiger partial charge in [0, 0.05) is 39.0 Å². The Morgan fingerprint density at radius 1 is 1.15 bits per heavy atom. The van der Waals surface area contributed by atoms with Gasteiger partial charge in [-0.15, -0.1) is 13.2 Å². The van der Waals surface area contributed by atoms with E-state index in [1.165, 1.54) is 0 Å². The number of anilines is 1. The number of unbranched alkanes of at least 4 members (excludes halogenated alkanes) is 1. The van der Waals surface area contributed by atoms with Crippen molar-refractivity contribution >= 4 is 23.4 Å². The second kappa shape index (κ2) is 10.9. The molecule has 3 saturated heterocycles. The minimum Gasteiger partial charge on any atom is -0.396 e. The molecule has 212 valence electrons.